The number of nitrogens with one attached hydrogen (secondary N) is 1. The van der Waals surface area contributed by atoms with Crippen molar-refractivity contribution in [2.24, 2.45) is 5.73 Å². The molecular weight excluding hydrogens is 595 g/mol. The van der Waals surface area contributed by atoms with E-state index in [9.17, 15) is 14.0 Å². The number of hydrogen-bond donors (Lipinski definition) is 2. The number of benzene rings is 3. The van der Waals surface area contributed by atoms with Crippen LogP contribution in [-0.4, -0.2) is 21.8 Å². The highest BCUT2D eigenvalue weighted by molar-refractivity contribution is 6.08. The van der Waals surface area contributed by atoms with Gasteiger partial charge in [0.05, 0.1) is 22.4 Å². The van der Waals surface area contributed by atoms with E-state index in [1.54, 1.807) is 36.8 Å². The third-order valence-electron chi connectivity index (χ3n) is 8.57. The van der Waals surface area contributed by atoms with Crippen LogP contribution in [0, 0.1) is 12.7 Å². The van der Waals surface area contributed by atoms with Gasteiger partial charge in [0.25, 0.3) is 11.8 Å². The first-order valence-electron chi connectivity index (χ1n) is 15.3. The number of carbonyl (C=O) groups is 2. The van der Waals surface area contributed by atoms with Crippen molar-refractivity contribution in [1.29, 1.82) is 0 Å². The van der Waals surface area contributed by atoms with E-state index in [0.29, 0.717) is 28.0 Å². The quantitative estimate of drug-likeness (QED) is 0.169. The molecule has 0 saturated heterocycles. The molecule has 8 nitrogen and oxygen atoms in total. The van der Waals surface area contributed by atoms with Gasteiger partial charge in [-0.05, 0) is 108 Å². The van der Waals surface area contributed by atoms with Crippen molar-refractivity contribution in [3.05, 3.63) is 149 Å². The standard InChI is InChI=1S/C38H31FN4O4/c1-23-18-32(46-22-25-11-16-41-17-12-25)30(37(45)43-38(13-14-38)34-4-2-3-15-42-34)21-28(23)26-7-10-31-29(20-26)35(36(40)44)33(47-31)19-24-5-8-27(39)9-6-24/h2-12,15-18,20-21H,13-14,19,22H2,1H3,(H2,40,44)(H,43,45). The van der Waals surface area contributed by atoms with Crippen LogP contribution < -0.4 is 15.8 Å². The van der Waals surface area contributed by atoms with Crippen molar-refractivity contribution in [2.45, 2.75) is 38.3 Å². The molecule has 1 aliphatic carbocycles. The minimum Gasteiger partial charge on any atom is -0.488 e. The number of halogens is 1. The largest absolute Gasteiger partial charge is 0.488 e. The third kappa shape index (κ3) is 6.07. The normalized spacial score (nSPS) is 13.3. The highest BCUT2D eigenvalue weighted by atomic mass is 19.1. The second-order valence-corrected chi connectivity index (χ2v) is 11.8. The summed E-state index contributed by atoms with van der Waals surface area (Å²) in [5.74, 6) is -0.403. The van der Waals surface area contributed by atoms with Crippen LogP contribution in [0.4, 0.5) is 4.39 Å². The zero-order valence-corrected chi connectivity index (χ0v) is 25.6. The zero-order valence-electron chi connectivity index (χ0n) is 25.6. The summed E-state index contributed by atoms with van der Waals surface area (Å²) in [4.78, 5) is 35.3. The van der Waals surface area contributed by atoms with Gasteiger partial charge in [-0.2, -0.15) is 0 Å². The summed E-state index contributed by atoms with van der Waals surface area (Å²) in [6.45, 7) is 2.20. The second-order valence-electron chi connectivity index (χ2n) is 11.8. The Labute approximate surface area is 270 Å². The topological polar surface area (TPSA) is 120 Å². The molecule has 3 heterocycles. The number of aryl methyl sites for hydroxylation is 1. The lowest BCUT2D eigenvalue weighted by atomic mass is 9.95. The number of rotatable bonds is 10. The van der Waals surface area contributed by atoms with Crippen LogP contribution in [0.25, 0.3) is 22.1 Å². The summed E-state index contributed by atoms with van der Waals surface area (Å²) in [7, 11) is 0. The molecule has 0 spiro atoms. The molecule has 7 rings (SSSR count). The SMILES string of the molecule is Cc1cc(OCc2ccncc2)c(C(=O)NC2(c3ccccn3)CC2)cc1-c1ccc2oc(Cc3ccc(F)cc3)c(C(N)=O)c2c1. The first-order valence-corrected chi connectivity index (χ1v) is 15.3. The van der Waals surface area contributed by atoms with Gasteiger partial charge in [-0.15, -0.1) is 0 Å². The molecule has 3 N–H and O–H groups in total. The molecule has 2 amide bonds. The Hall–Kier alpha value is -5.83. The molecule has 0 radical (unpaired) electrons. The minimum absolute atomic E-state index is 0.257. The van der Waals surface area contributed by atoms with Crippen LogP contribution >= 0.6 is 0 Å². The number of ether oxygens (including phenoxy) is 1. The van der Waals surface area contributed by atoms with Gasteiger partial charge in [0.15, 0.2) is 0 Å². The Morgan fingerprint density at radius 2 is 1.74 bits per heavy atom. The highest BCUT2D eigenvalue weighted by Crippen LogP contribution is 2.45. The van der Waals surface area contributed by atoms with Gasteiger partial charge in [-0.25, -0.2) is 4.39 Å². The summed E-state index contributed by atoms with van der Waals surface area (Å²) in [5.41, 5.74) is 11.4. The lowest BCUT2D eigenvalue weighted by Crippen LogP contribution is -2.35. The molecule has 1 aliphatic rings. The summed E-state index contributed by atoms with van der Waals surface area (Å²) < 4.78 is 25.8. The predicted octanol–water partition coefficient (Wildman–Crippen LogP) is 7.03. The number of furan rings is 1. The first kappa shape index (κ1) is 29.9. The van der Waals surface area contributed by atoms with Crippen molar-refractivity contribution in [3.8, 4) is 16.9 Å². The van der Waals surface area contributed by atoms with Crippen LogP contribution in [0.3, 0.4) is 0 Å². The van der Waals surface area contributed by atoms with Crippen molar-refractivity contribution in [3.63, 3.8) is 0 Å². The number of carbonyl (C=O) groups excluding carboxylic acids is 2. The van der Waals surface area contributed by atoms with E-state index in [1.165, 1.54) is 12.1 Å². The molecule has 3 aromatic heterocycles. The van der Waals surface area contributed by atoms with Crippen LogP contribution in [-0.2, 0) is 18.6 Å². The summed E-state index contributed by atoms with van der Waals surface area (Å²) in [6.07, 6.45) is 6.97. The first-order chi connectivity index (χ1) is 22.8. The molecule has 0 bridgehead atoms. The Bertz CT molecular complexity index is 2110. The Morgan fingerprint density at radius 3 is 2.45 bits per heavy atom. The molecule has 0 atom stereocenters. The fourth-order valence-electron chi connectivity index (χ4n) is 5.93. The Morgan fingerprint density at radius 1 is 0.957 bits per heavy atom. The predicted molar refractivity (Wildman–Crippen MR) is 175 cm³/mol. The van der Waals surface area contributed by atoms with Gasteiger partial charge < -0.3 is 20.2 Å². The Kier molecular flexibility index (Phi) is 7.73. The summed E-state index contributed by atoms with van der Waals surface area (Å²) >= 11 is 0. The number of aromatic nitrogens is 2. The van der Waals surface area contributed by atoms with E-state index in [-0.39, 0.29) is 30.3 Å². The maximum atomic E-state index is 14.0. The average molecular weight is 627 g/mol. The molecule has 0 aliphatic heterocycles. The zero-order chi connectivity index (χ0) is 32.5. The molecule has 0 unspecified atom stereocenters. The van der Waals surface area contributed by atoms with Crippen LogP contribution in [0.2, 0.25) is 0 Å². The van der Waals surface area contributed by atoms with Gasteiger partial charge >= 0.3 is 0 Å². The lowest BCUT2D eigenvalue weighted by molar-refractivity contribution is 0.0924. The second kappa shape index (κ2) is 12.2. The number of nitrogens with zero attached hydrogens (tertiary/aromatic N) is 2. The van der Waals surface area contributed by atoms with Gasteiger partial charge in [0.1, 0.15) is 29.5 Å². The van der Waals surface area contributed by atoms with Gasteiger partial charge in [0, 0.05) is 30.4 Å². The van der Waals surface area contributed by atoms with E-state index in [2.05, 4.69) is 15.3 Å². The number of fused-ring (bicyclic) bond motifs is 1. The molecule has 234 valence electrons. The van der Waals surface area contributed by atoms with E-state index < -0.39 is 11.4 Å². The fraction of sp³-hybridized carbons (Fsp3) is 0.158. The smallest absolute Gasteiger partial charge is 0.255 e. The molecule has 9 heteroatoms. The third-order valence-corrected chi connectivity index (χ3v) is 8.57. The number of primary amides is 1. The number of nitrogens with two attached hydrogens (primary N) is 1. The summed E-state index contributed by atoms with van der Waals surface area (Å²) in [6, 6.07) is 24.7. The highest BCUT2D eigenvalue weighted by Gasteiger charge is 2.47. The average Bonchev–Trinajstić information content (AvgIpc) is 3.77. The van der Waals surface area contributed by atoms with Crippen molar-refractivity contribution >= 4 is 22.8 Å². The molecular formula is C38H31FN4O4. The fourth-order valence-corrected chi connectivity index (χ4v) is 5.93. The maximum Gasteiger partial charge on any atom is 0.255 e. The van der Waals surface area contributed by atoms with Crippen LogP contribution in [0.15, 0.2) is 108 Å². The monoisotopic (exact) mass is 626 g/mol. The Balaban J connectivity index is 1.27. The summed E-state index contributed by atoms with van der Waals surface area (Å²) in [5, 5.41) is 3.79. The molecule has 3 aromatic carbocycles. The number of pyridine rings is 2. The van der Waals surface area contributed by atoms with Crippen LogP contribution in [0.1, 0.15) is 61.7 Å². The van der Waals surface area contributed by atoms with E-state index >= 15 is 0 Å². The molecule has 1 saturated carbocycles. The molecule has 1 fully saturated rings. The van der Waals surface area contributed by atoms with Gasteiger partial charge in [-0.1, -0.05) is 24.3 Å². The minimum atomic E-state index is -0.626. The molecule has 6 aromatic rings. The maximum absolute atomic E-state index is 14.0. The van der Waals surface area contributed by atoms with Crippen LogP contribution in [0.5, 0.6) is 5.75 Å². The van der Waals surface area contributed by atoms with Crippen molar-refractivity contribution in [1.82, 2.24) is 15.3 Å². The van der Waals surface area contributed by atoms with Crippen molar-refractivity contribution in [2.75, 3.05) is 0 Å². The van der Waals surface area contributed by atoms with Gasteiger partial charge in [-0.3, -0.25) is 19.6 Å². The van der Waals surface area contributed by atoms with Crippen molar-refractivity contribution < 1.29 is 23.1 Å². The number of hydrogen-bond acceptors (Lipinski definition) is 6. The number of amides is 2. The van der Waals surface area contributed by atoms with E-state index in [4.69, 9.17) is 14.9 Å². The molecule has 47 heavy (non-hydrogen) atoms. The van der Waals surface area contributed by atoms with Gasteiger partial charge in [0.2, 0.25) is 0 Å². The van der Waals surface area contributed by atoms with E-state index in [1.807, 2.05) is 61.5 Å². The van der Waals surface area contributed by atoms with E-state index in [0.717, 1.165) is 46.4 Å². The lowest BCUT2D eigenvalue weighted by Gasteiger charge is -2.20.